The van der Waals surface area contributed by atoms with E-state index in [-0.39, 0.29) is 5.91 Å². The molecular formula is C20H25N5O. The van der Waals surface area contributed by atoms with Crippen LogP contribution in [-0.4, -0.2) is 60.0 Å². The van der Waals surface area contributed by atoms with Crippen LogP contribution in [0.15, 0.2) is 36.5 Å². The Morgan fingerprint density at radius 3 is 2.27 bits per heavy atom. The van der Waals surface area contributed by atoms with E-state index < -0.39 is 0 Å². The monoisotopic (exact) mass is 351 g/mol. The predicted molar refractivity (Wildman–Crippen MR) is 103 cm³/mol. The zero-order valence-electron chi connectivity index (χ0n) is 15.3. The first kappa shape index (κ1) is 16.8. The Balaban J connectivity index is 1.42. The molecule has 1 aromatic heterocycles. The molecule has 2 aliphatic rings. The molecule has 0 saturated carbocycles. The fraction of sp³-hybridized carbons (Fsp3) is 0.450. The molecule has 0 bridgehead atoms. The zero-order chi connectivity index (χ0) is 17.9. The second-order valence-electron chi connectivity index (χ2n) is 6.98. The maximum Gasteiger partial charge on any atom is 0.257 e. The second-order valence-corrected chi connectivity index (χ2v) is 6.98. The number of hydrogen-bond acceptors (Lipinski definition) is 5. The van der Waals surface area contributed by atoms with E-state index in [0.717, 1.165) is 50.9 Å². The number of benzene rings is 1. The molecule has 136 valence electrons. The SMILES string of the molecule is Cc1nc(N2CCCC2)ncc1C(=O)N1CCN(c2ccccc2)CC1. The van der Waals surface area contributed by atoms with Gasteiger partial charge in [-0.2, -0.15) is 0 Å². The Morgan fingerprint density at radius 1 is 0.923 bits per heavy atom. The lowest BCUT2D eigenvalue weighted by molar-refractivity contribution is 0.0745. The van der Waals surface area contributed by atoms with Crippen LogP contribution in [0.25, 0.3) is 0 Å². The molecule has 6 heteroatoms. The van der Waals surface area contributed by atoms with Gasteiger partial charge in [0.05, 0.1) is 11.3 Å². The average Bonchev–Trinajstić information content (AvgIpc) is 3.23. The number of carbonyl (C=O) groups excluding carboxylic acids is 1. The highest BCUT2D eigenvalue weighted by Crippen LogP contribution is 2.20. The van der Waals surface area contributed by atoms with Crippen molar-refractivity contribution in [2.45, 2.75) is 19.8 Å². The molecule has 3 heterocycles. The molecule has 0 spiro atoms. The van der Waals surface area contributed by atoms with Crippen LogP contribution >= 0.6 is 0 Å². The number of nitrogens with zero attached hydrogens (tertiary/aromatic N) is 5. The highest BCUT2D eigenvalue weighted by Gasteiger charge is 2.25. The molecule has 4 rings (SSSR count). The average molecular weight is 351 g/mol. The second kappa shape index (κ2) is 7.32. The van der Waals surface area contributed by atoms with Crippen molar-refractivity contribution in [3.63, 3.8) is 0 Å². The molecule has 2 aliphatic heterocycles. The largest absolute Gasteiger partial charge is 0.368 e. The summed E-state index contributed by atoms with van der Waals surface area (Å²) in [5.41, 5.74) is 2.62. The Labute approximate surface area is 154 Å². The Hall–Kier alpha value is -2.63. The van der Waals surface area contributed by atoms with E-state index in [1.807, 2.05) is 17.9 Å². The summed E-state index contributed by atoms with van der Waals surface area (Å²) in [4.78, 5) is 28.4. The molecule has 6 nitrogen and oxygen atoms in total. The van der Waals surface area contributed by atoms with Crippen LogP contribution in [0.1, 0.15) is 28.9 Å². The Morgan fingerprint density at radius 2 is 1.62 bits per heavy atom. The molecule has 1 amide bonds. The molecule has 2 fully saturated rings. The lowest BCUT2D eigenvalue weighted by atomic mass is 10.2. The van der Waals surface area contributed by atoms with Crippen molar-refractivity contribution in [1.82, 2.24) is 14.9 Å². The fourth-order valence-corrected chi connectivity index (χ4v) is 3.71. The van der Waals surface area contributed by atoms with E-state index in [2.05, 4.69) is 44.0 Å². The lowest BCUT2D eigenvalue weighted by Gasteiger charge is -2.36. The van der Waals surface area contributed by atoms with E-state index in [0.29, 0.717) is 5.56 Å². The number of anilines is 2. The third-order valence-electron chi connectivity index (χ3n) is 5.27. The Kier molecular flexibility index (Phi) is 4.73. The summed E-state index contributed by atoms with van der Waals surface area (Å²) in [6.45, 7) is 7.07. The number of aromatic nitrogens is 2. The van der Waals surface area contributed by atoms with Gasteiger partial charge in [0.1, 0.15) is 0 Å². The van der Waals surface area contributed by atoms with Gasteiger partial charge in [-0.15, -0.1) is 0 Å². The molecule has 1 aromatic carbocycles. The smallest absolute Gasteiger partial charge is 0.257 e. The molecule has 2 aromatic rings. The van der Waals surface area contributed by atoms with E-state index >= 15 is 0 Å². The molecular weight excluding hydrogens is 326 g/mol. The normalized spacial score (nSPS) is 17.7. The fourth-order valence-electron chi connectivity index (χ4n) is 3.71. The van der Waals surface area contributed by atoms with Crippen molar-refractivity contribution in [2.75, 3.05) is 49.1 Å². The summed E-state index contributed by atoms with van der Waals surface area (Å²) in [7, 11) is 0. The van der Waals surface area contributed by atoms with Crippen LogP contribution in [0.3, 0.4) is 0 Å². The first-order valence-corrected chi connectivity index (χ1v) is 9.40. The van der Waals surface area contributed by atoms with Crippen molar-refractivity contribution < 1.29 is 4.79 Å². The van der Waals surface area contributed by atoms with E-state index in [1.165, 1.54) is 18.5 Å². The minimum Gasteiger partial charge on any atom is -0.368 e. The number of piperazine rings is 1. The summed E-state index contributed by atoms with van der Waals surface area (Å²) >= 11 is 0. The molecule has 26 heavy (non-hydrogen) atoms. The van der Waals surface area contributed by atoms with Crippen LogP contribution in [-0.2, 0) is 0 Å². The topological polar surface area (TPSA) is 52.6 Å². The van der Waals surface area contributed by atoms with Crippen molar-refractivity contribution >= 4 is 17.5 Å². The number of amides is 1. The summed E-state index contributed by atoms with van der Waals surface area (Å²) in [5.74, 6) is 0.800. The third kappa shape index (κ3) is 3.36. The molecule has 0 unspecified atom stereocenters. The summed E-state index contributed by atoms with van der Waals surface area (Å²) in [6, 6.07) is 10.4. The first-order chi connectivity index (χ1) is 12.7. The van der Waals surface area contributed by atoms with Gasteiger partial charge in [-0.3, -0.25) is 4.79 Å². The zero-order valence-corrected chi connectivity index (χ0v) is 15.3. The standard InChI is InChI=1S/C20H25N5O/c1-16-18(15-21-20(22-16)25-9-5-6-10-25)19(26)24-13-11-23(12-14-24)17-7-3-2-4-8-17/h2-4,7-8,15H,5-6,9-14H2,1H3. The summed E-state index contributed by atoms with van der Waals surface area (Å²) in [5, 5.41) is 0. The van der Waals surface area contributed by atoms with Crippen LogP contribution in [0.5, 0.6) is 0 Å². The lowest BCUT2D eigenvalue weighted by Crippen LogP contribution is -2.49. The van der Waals surface area contributed by atoms with Crippen molar-refractivity contribution in [3.05, 3.63) is 47.8 Å². The third-order valence-corrected chi connectivity index (χ3v) is 5.27. The number of aryl methyl sites for hydroxylation is 1. The van der Waals surface area contributed by atoms with Gasteiger partial charge in [0.15, 0.2) is 0 Å². The maximum atomic E-state index is 12.9. The number of hydrogen-bond donors (Lipinski definition) is 0. The maximum absolute atomic E-state index is 12.9. The van der Waals surface area contributed by atoms with E-state index in [1.54, 1.807) is 6.20 Å². The van der Waals surface area contributed by atoms with Crippen LogP contribution in [0.2, 0.25) is 0 Å². The van der Waals surface area contributed by atoms with Crippen molar-refractivity contribution in [2.24, 2.45) is 0 Å². The van der Waals surface area contributed by atoms with Crippen LogP contribution in [0, 0.1) is 6.92 Å². The minimum absolute atomic E-state index is 0.0446. The highest BCUT2D eigenvalue weighted by atomic mass is 16.2. The number of rotatable bonds is 3. The van der Waals surface area contributed by atoms with Crippen LogP contribution < -0.4 is 9.80 Å². The first-order valence-electron chi connectivity index (χ1n) is 9.40. The van der Waals surface area contributed by atoms with Gasteiger partial charge in [-0.1, -0.05) is 18.2 Å². The van der Waals surface area contributed by atoms with E-state index in [9.17, 15) is 4.79 Å². The molecule has 0 atom stereocenters. The highest BCUT2D eigenvalue weighted by molar-refractivity contribution is 5.95. The number of para-hydroxylation sites is 1. The van der Waals surface area contributed by atoms with Crippen molar-refractivity contribution in [3.8, 4) is 0 Å². The van der Waals surface area contributed by atoms with Gasteiger partial charge in [0, 0.05) is 51.2 Å². The van der Waals surface area contributed by atoms with Gasteiger partial charge in [0.2, 0.25) is 5.95 Å². The van der Waals surface area contributed by atoms with Gasteiger partial charge in [-0.05, 0) is 31.9 Å². The Bertz CT molecular complexity index is 765. The molecule has 0 radical (unpaired) electrons. The minimum atomic E-state index is 0.0446. The predicted octanol–water partition coefficient (Wildman–Crippen LogP) is 2.35. The summed E-state index contributed by atoms with van der Waals surface area (Å²) < 4.78 is 0. The van der Waals surface area contributed by atoms with Gasteiger partial charge >= 0.3 is 0 Å². The van der Waals surface area contributed by atoms with Gasteiger partial charge in [-0.25, -0.2) is 9.97 Å². The molecule has 0 N–H and O–H groups in total. The van der Waals surface area contributed by atoms with E-state index in [4.69, 9.17) is 0 Å². The summed E-state index contributed by atoms with van der Waals surface area (Å²) in [6.07, 6.45) is 4.09. The van der Waals surface area contributed by atoms with Gasteiger partial charge < -0.3 is 14.7 Å². The molecule has 0 aliphatic carbocycles. The van der Waals surface area contributed by atoms with Crippen LogP contribution in [0.4, 0.5) is 11.6 Å². The molecule has 2 saturated heterocycles. The van der Waals surface area contributed by atoms with Gasteiger partial charge in [0.25, 0.3) is 5.91 Å². The van der Waals surface area contributed by atoms with Crippen molar-refractivity contribution in [1.29, 1.82) is 0 Å². The number of carbonyl (C=O) groups is 1. The quantitative estimate of drug-likeness (QED) is 0.850.